The Labute approximate surface area is 92.2 Å². The van der Waals surface area contributed by atoms with E-state index >= 15 is 0 Å². The first-order valence-corrected chi connectivity index (χ1v) is 4.86. The fourth-order valence-electron chi connectivity index (χ4n) is 1.03. The smallest absolute Gasteiger partial charge is 0.220 e. The molecule has 1 atom stereocenters. The molecule has 0 amide bonds. The summed E-state index contributed by atoms with van der Waals surface area (Å²) < 4.78 is -1.67. The molecule has 72 valence electrons. The molecule has 1 aromatic rings. The molecule has 0 aromatic heterocycles. The topological polar surface area (TPSA) is 20.2 Å². The van der Waals surface area contributed by atoms with E-state index in [4.69, 9.17) is 34.8 Å². The van der Waals surface area contributed by atoms with Crippen molar-refractivity contribution in [3.05, 3.63) is 35.4 Å². The lowest BCUT2D eigenvalue weighted by Crippen LogP contribution is -2.16. The zero-order valence-electron chi connectivity index (χ0n) is 6.97. The van der Waals surface area contributed by atoms with Crippen molar-refractivity contribution in [3.63, 3.8) is 0 Å². The minimum atomic E-state index is -1.67. The van der Waals surface area contributed by atoms with Crippen LogP contribution < -0.4 is 0 Å². The molecule has 1 N–H and O–H groups in total. The first-order chi connectivity index (χ1) is 5.91. The Morgan fingerprint density at radius 3 is 2.38 bits per heavy atom. The van der Waals surface area contributed by atoms with Crippen LogP contribution in [-0.2, 0) is 0 Å². The fourth-order valence-corrected chi connectivity index (χ4v) is 1.41. The van der Waals surface area contributed by atoms with E-state index in [9.17, 15) is 5.11 Å². The first kappa shape index (κ1) is 11.1. The second-order valence-corrected chi connectivity index (χ2v) is 5.23. The molecule has 1 rings (SSSR count). The van der Waals surface area contributed by atoms with E-state index in [1.54, 1.807) is 12.1 Å². The van der Waals surface area contributed by atoms with Gasteiger partial charge in [0.25, 0.3) is 0 Å². The van der Waals surface area contributed by atoms with Crippen LogP contribution in [-0.4, -0.2) is 8.90 Å². The highest BCUT2D eigenvalue weighted by atomic mass is 35.6. The van der Waals surface area contributed by atoms with Gasteiger partial charge in [0.1, 0.15) is 6.10 Å². The van der Waals surface area contributed by atoms with Crippen molar-refractivity contribution in [2.45, 2.75) is 16.8 Å². The van der Waals surface area contributed by atoms with Crippen LogP contribution in [0.4, 0.5) is 0 Å². The van der Waals surface area contributed by atoms with Crippen LogP contribution in [0.1, 0.15) is 17.2 Å². The Hall–Kier alpha value is 0.0500. The van der Waals surface area contributed by atoms with Crippen LogP contribution in [0.5, 0.6) is 0 Å². The van der Waals surface area contributed by atoms with E-state index in [1.165, 1.54) is 0 Å². The third-order valence-corrected chi connectivity index (χ3v) is 2.29. The molecule has 4 heteroatoms. The van der Waals surface area contributed by atoms with Crippen LogP contribution in [0.25, 0.3) is 0 Å². The number of alkyl halides is 3. The van der Waals surface area contributed by atoms with Gasteiger partial charge in [-0.05, 0) is 12.5 Å². The Morgan fingerprint density at radius 2 is 1.92 bits per heavy atom. The van der Waals surface area contributed by atoms with Gasteiger partial charge in [0, 0.05) is 0 Å². The molecule has 0 saturated carbocycles. The molecule has 0 bridgehead atoms. The monoisotopic (exact) mass is 238 g/mol. The van der Waals surface area contributed by atoms with E-state index in [-0.39, 0.29) is 0 Å². The Balaban J connectivity index is 2.96. The molecule has 0 radical (unpaired) electrons. The molecule has 1 aromatic carbocycles. The maximum absolute atomic E-state index is 9.59. The molecular weight excluding hydrogens is 230 g/mol. The summed E-state index contributed by atoms with van der Waals surface area (Å²) in [5.74, 6) is 0. The van der Waals surface area contributed by atoms with E-state index in [1.807, 2.05) is 19.1 Å². The number of aliphatic hydroxyl groups is 1. The summed E-state index contributed by atoms with van der Waals surface area (Å²) in [6.07, 6.45) is -1.09. The quantitative estimate of drug-likeness (QED) is 0.745. The molecule has 0 unspecified atom stereocenters. The van der Waals surface area contributed by atoms with Crippen molar-refractivity contribution in [3.8, 4) is 0 Å². The summed E-state index contributed by atoms with van der Waals surface area (Å²) in [6.45, 7) is 1.91. The molecule has 0 aliphatic heterocycles. The average molecular weight is 240 g/mol. The van der Waals surface area contributed by atoms with Gasteiger partial charge in [0.15, 0.2) is 0 Å². The molecule has 1 nitrogen and oxygen atoms in total. The normalized spacial score (nSPS) is 14.2. The van der Waals surface area contributed by atoms with E-state index < -0.39 is 9.90 Å². The fraction of sp³-hybridized carbons (Fsp3) is 0.333. The van der Waals surface area contributed by atoms with Crippen molar-refractivity contribution in [2.75, 3.05) is 0 Å². The lowest BCUT2D eigenvalue weighted by molar-refractivity contribution is 0.182. The van der Waals surface area contributed by atoms with Gasteiger partial charge >= 0.3 is 0 Å². The van der Waals surface area contributed by atoms with Gasteiger partial charge < -0.3 is 5.11 Å². The second kappa shape index (κ2) is 4.05. The summed E-state index contributed by atoms with van der Waals surface area (Å²) in [4.78, 5) is 0. The lowest BCUT2D eigenvalue weighted by atomic mass is 10.1. The average Bonchev–Trinajstić information content (AvgIpc) is 2.01. The highest BCUT2D eigenvalue weighted by Crippen LogP contribution is 2.39. The van der Waals surface area contributed by atoms with Gasteiger partial charge in [-0.2, -0.15) is 0 Å². The van der Waals surface area contributed by atoms with Crippen molar-refractivity contribution in [1.29, 1.82) is 0 Å². The van der Waals surface area contributed by atoms with Gasteiger partial charge in [0.2, 0.25) is 3.79 Å². The summed E-state index contributed by atoms with van der Waals surface area (Å²) in [6, 6.07) is 7.23. The van der Waals surface area contributed by atoms with E-state index in [2.05, 4.69) is 0 Å². The number of aliphatic hydroxyl groups excluding tert-OH is 1. The third-order valence-electron chi connectivity index (χ3n) is 1.67. The third kappa shape index (κ3) is 3.03. The molecule has 13 heavy (non-hydrogen) atoms. The van der Waals surface area contributed by atoms with Crippen LogP contribution in [0.15, 0.2) is 24.3 Å². The first-order valence-electron chi connectivity index (χ1n) is 3.72. The predicted octanol–water partition coefficient (Wildman–Crippen LogP) is 3.40. The number of benzene rings is 1. The predicted molar refractivity (Wildman–Crippen MR) is 56.4 cm³/mol. The minimum Gasteiger partial charge on any atom is -0.384 e. The molecule has 0 fully saturated rings. The second-order valence-electron chi connectivity index (χ2n) is 2.86. The van der Waals surface area contributed by atoms with E-state index in [0.717, 1.165) is 5.56 Å². The molecule has 0 saturated heterocycles. The summed E-state index contributed by atoms with van der Waals surface area (Å²) >= 11 is 16.7. The minimum absolute atomic E-state index is 0.611. The van der Waals surface area contributed by atoms with Crippen molar-refractivity contribution < 1.29 is 5.11 Å². The lowest BCUT2D eigenvalue weighted by Gasteiger charge is -2.19. The largest absolute Gasteiger partial charge is 0.384 e. The Bertz CT molecular complexity index is 293. The maximum atomic E-state index is 9.59. The van der Waals surface area contributed by atoms with Gasteiger partial charge in [-0.1, -0.05) is 64.6 Å². The van der Waals surface area contributed by atoms with Gasteiger partial charge in [0.05, 0.1) is 0 Å². The van der Waals surface area contributed by atoms with Crippen molar-refractivity contribution >= 4 is 34.8 Å². The standard InChI is InChI=1S/C9H9Cl3O/c1-6-3-2-4-7(5-6)8(13)9(10,11)12/h2-5,8,13H,1H3/t8-/m1/s1. The van der Waals surface area contributed by atoms with Crippen LogP contribution in [0, 0.1) is 6.92 Å². The zero-order chi connectivity index (χ0) is 10.1. The van der Waals surface area contributed by atoms with Crippen molar-refractivity contribution in [1.82, 2.24) is 0 Å². The number of hydrogen-bond acceptors (Lipinski definition) is 1. The van der Waals surface area contributed by atoms with Crippen LogP contribution in [0.3, 0.4) is 0 Å². The van der Waals surface area contributed by atoms with Gasteiger partial charge in [-0.3, -0.25) is 0 Å². The van der Waals surface area contributed by atoms with Gasteiger partial charge in [-0.25, -0.2) is 0 Å². The summed E-state index contributed by atoms with van der Waals surface area (Å²) in [5, 5.41) is 9.59. The zero-order valence-corrected chi connectivity index (χ0v) is 9.24. The number of rotatable bonds is 1. The van der Waals surface area contributed by atoms with Crippen molar-refractivity contribution in [2.24, 2.45) is 0 Å². The summed E-state index contributed by atoms with van der Waals surface area (Å²) in [7, 11) is 0. The molecular formula is C9H9Cl3O. The van der Waals surface area contributed by atoms with Gasteiger partial charge in [-0.15, -0.1) is 0 Å². The Kier molecular flexibility index (Phi) is 3.47. The maximum Gasteiger partial charge on any atom is 0.220 e. The molecule has 0 aliphatic rings. The Morgan fingerprint density at radius 1 is 1.31 bits per heavy atom. The number of halogens is 3. The van der Waals surface area contributed by atoms with Crippen LogP contribution in [0.2, 0.25) is 0 Å². The SMILES string of the molecule is Cc1cccc([C@@H](O)C(Cl)(Cl)Cl)c1. The molecule has 0 aliphatic carbocycles. The summed E-state index contributed by atoms with van der Waals surface area (Å²) in [5.41, 5.74) is 1.63. The highest BCUT2D eigenvalue weighted by Gasteiger charge is 2.31. The molecule has 0 spiro atoms. The highest BCUT2D eigenvalue weighted by molar-refractivity contribution is 6.68. The number of aryl methyl sites for hydroxylation is 1. The number of hydrogen-bond donors (Lipinski definition) is 1. The van der Waals surface area contributed by atoms with Crippen LogP contribution >= 0.6 is 34.8 Å². The molecule has 0 heterocycles. The van der Waals surface area contributed by atoms with E-state index in [0.29, 0.717) is 5.56 Å².